The Kier molecular flexibility index (Phi) is 5.28. The van der Waals surface area contributed by atoms with Gasteiger partial charge in [0.2, 0.25) is 10.0 Å². The van der Waals surface area contributed by atoms with Crippen LogP contribution in [0, 0.1) is 6.92 Å². The summed E-state index contributed by atoms with van der Waals surface area (Å²) >= 11 is 0. The number of hydrogen-bond acceptors (Lipinski definition) is 4. The number of aliphatic hydroxyl groups is 1. The minimum Gasteiger partial charge on any atom is -0.392 e. The van der Waals surface area contributed by atoms with E-state index in [2.05, 4.69) is 4.72 Å². The topological polar surface area (TPSA) is 75.6 Å². The first-order chi connectivity index (χ1) is 8.40. The molecule has 18 heavy (non-hydrogen) atoms. The first kappa shape index (κ1) is 15.1. The van der Waals surface area contributed by atoms with Crippen molar-refractivity contribution in [3.05, 3.63) is 29.3 Å². The van der Waals surface area contributed by atoms with Crippen molar-refractivity contribution in [3.8, 4) is 0 Å². The number of aliphatic hydroxyl groups excluding tert-OH is 1. The molecule has 0 amide bonds. The Labute approximate surface area is 108 Å². The fraction of sp³-hybridized carbons (Fsp3) is 0.500. The van der Waals surface area contributed by atoms with E-state index in [9.17, 15) is 8.42 Å². The number of methoxy groups -OCH3 is 1. The van der Waals surface area contributed by atoms with Gasteiger partial charge in [-0.15, -0.1) is 0 Å². The molecule has 0 spiro atoms. The summed E-state index contributed by atoms with van der Waals surface area (Å²) in [5.74, 6) is 0. The minimum atomic E-state index is -3.56. The van der Waals surface area contributed by atoms with Gasteiger partial charge in [0.25, 0.3) is 0 Å². The summed E-state index contributed by atoms with van der Waals surface area (Å²) in [6, 6.07) is 4.68. The van der Waals surface area contributed by atoms with Crippen molar-refractivity contribution < 1.29 is 18.3 Å². The Hall–Kier alpha value is -0.950. The molecule has 0 saturated heterocycles. The van der Waals surface area contributed by atoms with Crippen LogP contribution < -0.4 is 4.72 Å². The van der Waals surface area contributed by atoms with E-state index in [-0.39, 0.29) is 24.2 Å². The highest BCUT2D eigenvalue weighted by atomic mass is 32.2. The molecule has 1 atom stereocenters. The van der Waals surface area contributed by atoms with Crippen molar-refractivity contribution in [1.29, 1.82) is 0 Å². The van der Waals surface area contributed by atoms with Crippen LogP contribution in [0.3, 0.4) is 0 Å². The Morgan fingerprint density at radius 2 is 2.11 bits per heavy atom. The number of sulfonamides is 1. The van der Waals surface area contributed by atoms with Gasteiger partial charge in [0, 0.05) is 13.7 Å². The highest BCUT2D eigenvalue weighted by Gasteiger charge is 2.16. The summed E-state index contributed by atoms with van der Waals surface area (Å²) in [5, 5.41) is 9.13. The number of benzene rings is 1. The monoisotopic (exact) mass is 273 g/mol. The van der Waals surface area contributed by atoms with Crippen LogP contribution in [-0.2, 0) is 21.4 Å². The van der Waals surface area contributed by atoms with Crippen LogP contribution >= 0.6 is 0 Å². The van der Waals surface area contributed by atoms with E-state index in [4.69, 9.17) is 9.84 Å². The number of rotatable bonds is 6. The smallest absolute Gasteiger partial charge is 0.240 e. The van der Waals surface area contributed by atoms with Crippen molar-refractivity contribution in [2.24, 2.45) is 0 Å². The maximum absolute atomic E-state index is 12.0. The Bertz CT molecular complexity index is 499. The minimum absolute atomic E-state index is 0.153. The predicted octanol–water partition coefficient (Wildman–Crippen LogP) is 0.801. The quantitative estimate of drug-likeness (QED) is 0.804. The third-order valence-electron chi connectivity index (χ3n) is 2.76. The van der Waals surface area contributed by atoms with Gasteiger partial charge in [0.15, 0.2) is 0 Å². The molecule has 6 heteroatoms. The van der Waals surface area contributed by atoms with Crippen LogP contribution in [0.1, 0.15) is 18.1 Å². The van der Waals surface area contributed by atoms with E-state index in [1.54, 1.807) is 13.0 Å². The van der Waals surface area contributed by atoms with E-state index in [1.807, 2.05) is 6.92 Å². The Balaban J connectivity index is 2.91. The highest BCUT2D eigenvalue weighted by Crippen LogP contribution is 2.15. The summed E-state index contributed by atoms with van der Waals surface area (Å²) in [5.41, 5.74) is 1.47. The molecule has 5 nitrogen and oxygen atoms in total. The van der Waals surface area contributed by atoms with Crippen LogP contribution in [0.5, 0.6) is 0 Å². The molecule has 0 saturated carbocycles. The van der Waals surface area contributed by atoms with Gasteiger partial charge in [-0.05, 0) is 37.1 Å². The fourth-order valence-electron chi connectivity index (χ4n) is 1.38. The van der Waals surface area contributed by atoms with Gasteiger partial charge in [-0.3, -0.25) is 0 Å². The van der Waals surface area contributed by atoms with Crippen molar-refractivity contribution in [2.45, 2.75) is 31.5 Å². The van der Waals surface area contributed by atoms with Crippen molar-refractivity contribution in [1.82, 2.24) is 4.72 Å². The second-order valence-corrected chi connectivity index (χ2v) is 5.91. The molecule has 0 fully saturated rings. The molecule has 0 bridgehead atoms. The van der Waals surface area contributed by atoms with Gasteiger partial charge in [-0.1, -0.05) is 6.07 Å². The largest absolute Gasteiger partial charge is 0.392 e. The summed E-state index contributed by atoms with van der Waals surface area (Å²) < 4.78 is 31.4. The lowest BCUT2D eigenvalue weighted by molar-refractivity contribution is 0.122. The van der Waals surface area contributed by atoms with E-state index < -0.39 is 10.0 Å². The van der Waals surface area contributed by atoms with Gasteiger partial charge in [-0.2, -0.15) is 0 Å². The second kappa shape index (κ2) is 6.29. The molecule has 0 aliphatic rings. The van der Waals surface area contributed by atoms with E-state index in [1.165, 1.54) is 19.2 Å². The van der Waals surface area contributed by atoms with Gasteiger partial charge in [0.1, 0.15) is 0 Å². The van der Waals surface area contributed by atoms with Crippen molar-refractivity contribution >= 4 is 10.0 Å². The maximum Gasteiger partial charge on any atom is 0.240 e. The zero-order chi connectivity index (χ0) is 13.8. The highest BCUT2D eigenvalue weighted by molar-refractivity contribution is 7.89. The van der Waals surface area contributed by atoms with Gasteiger partial charge < -0.3 is 9.84 Å². The lowest BCUT2D eigenvalue weighted by Gasteiger charge is -2.12. The molecule has 0 radical (unpaired) electrons. The first-order valence-electron chi connectivity index (χ1n) is 5.63. The zero-order valence-corrected chi connectivity index (χ0v) is 11.6. The van der Waals surface area contributed by atoms with Crippen LogP contribution in [0.15, 0.2) is 23.1 Å². The van der Waals surface area contributed by atoms with Crippen LogP contribution in [0.2, 0.25) is 0 Å². The van der Waals surface area contributed by atoms with E-state index in [0.717, 1.165) is 5.56 Å². The molecule has 102 valence electrons. The number of aryl methyl sites for hydroxylation is 1. The summed E-state index contributed by atoms with van der Waals surface area (Å²) in [7, 11) is -2.03. The van der Waals surface area contributed by atoms with Gasteiger partial charge in [0.05, 0.1) is 17.6 Å². The van der Waals surface area contributed by atoms with Gasteiger partial charge >= 0.3 is 0 Å². The maximum atomic E-state index is 12.0. The van der Waals surface area contributed by atoms with Crippen molar-refractivity contribution in [3.63, 3.8) is 0 Å². The first-order valence-corrected chi connectivity index (χ1v) is 7.12. The molecule has 0 aliphatic heterocycles. The van der Waals surface area contributed by atoms with E-state index in [0.29, 0.717) is 5.56 Å². The van der Waals surface area contributed by atoms with Crippen molar-refractivity contribution in [2.75, 3.05) is 13.7 Å². The number of nitrogens with one attached hydrogen (secondary N) is 1. The standard InChI is InChI=1S/C12H19NO4S/c1-9-4-5-12(6-11(9)8-14)18(15,16)13-7-10(2)17-3/h4-6,10,13-14H,7-8H2,1-3H3. The third-order valence-corrected chi connectivity index (χ3v) is 4.19. The summed E-state index contributed by atoms with van der Waals surface area (Å²) in [4.78, 5) is 0.153. The molecule has 0 aliphatic carbocycles. The molecule has 1 unspecified atom stereocenters. The van der Waals surface area contributed by atoms with Crippen LogP contribution in [-0.4, -0.2) is 33.3 Å². The zero-order valence-electron chi connectivity index (χ0n) is 10.8. The SMILES string of the molecule is COC(C)CNS(=O)(=O)c1ccc(C)c(CO)c1. The average Bonchev–Trinajstić information content (AvgIpc) is 2.36. The van der Waals surface area contributed by atoms with E-state index >= 15 is 0 Å². The molecule has 0 aromatic heterocycles. The fourth-order valence-corrected chi connectivity index (χ4v) is 2.54. The Morgan fingerprint density at radius 1 is 1.44 bits per heavy atom. The van der Waals surface area contributed by atoms with Crippen LogP contribution in [0.25, 0.3) is 0 Å². The molecule has 1 aromatic carbocycles. The van der Waals surface area contributed by atoms with Gasteiger partial charge in [-0.25, -0.2) is 13.1 Å². The average molecular weight is 273 g/mol. The normalized spacial score (nSPS) is 13.6. The molecule has 0 heterocycles. The molecular formula is C12H19NO4S. The lowest BCUT2D eigenvalue weighted by Crippen LogP contribution is -2.31. The second-order valence-electron chi connectivity index (χ2n) is 4.14. The predicted molar refractivity (Wildman–Crippen MR) is 68.8 cm³/mol. The lowest BCUT2D eigenvalue weighted by atomic mass is 10.1. The summed E-state index contributed by atoms with van der Waals surface area (Å²) in [6.45, 7) is 3.63. The van der Waals surface area contributed by atoms with Crippen LogP contribution in [0.4, 0.5) is 0 Å². The Morgan fingerprint density at radius 3 is 2.67 bits per heavy atom. The molecule has 1 rings (SSSR count). The number of ether oxygens (including phenoxy) is 1. The third kappa shape index (κ3) is 3.78. The molecular weight excluding hydrogens is 254 g/mol. The number of hydrogen-bond donors (Lipinski definition) is 2. The molecule has 2 N–H and O–H groups in total. The molecule has 1 aromatic rings. The summed E-state index contributed by atoms with van der Waals surface area (Å²) in [6.07, 6.45) is -0.192.